The summed E-state index contributed by atoms with van der Waals surface area (Å²) in [6.07, 6.45) is 0. The monoisotopic (exact) mass is 215 g/mol. The first kappa shape index (κ1) is 8.59. The molecule has 0 amide bonds. The molecular weight excluding hydrogens is 210 g/mol. The highest BCUT2D eigenvalue weighted by atomic mass is 35.5. The van der Waals surface area contributed by atoms with E-state index in [1.807, 2.05) is 0 Å². The first-order valence-corrected chi connectivity index (χ1v) is 4.73. The molecule has 0 fully saturated rings. The normalized spacial score (nSPS) is 10.6. The zero-order chi connectivity index (χ0) is 9.42. The molecule has 0 aliphatic carbocycles. The Morgan fingerprint density at radius 2 is 2.31 bits per heavy atom. The van der Waals surface area contributed by atoms with Crippen LogP contribution in [0.4, 0.5) is 0 Å². The molecule has 0 spiro atoms. The molecule has 0 bridgehead atoms. The summed E-state index contributed by atoms with van der Waals surface area (Å²) < 4.78 is 6.97. The van der Waals surface area contributed by atoms with Gasteiger partial charge >= 0.3 is 4.87 Å². The molecular formula is C8H6ClNO2S. The number of aromatic nitrogens is 1. The van der Waals surface area contributed by atoms with Crippen molar-refractivity contribution in [2.75, 3.05) is 7.11 Å². The zero-order valence-corrected chi connectivity index (χ0v) is 8.35. The van der Waals surface area contributed by atoms with Gasteiger partial charge in [0.15, 0.2) is 0 Å². The van der Waals surface area contributed by atoms with E-state index in [0.29, 0.717) is 0 Å². The summed E-state index contributed by atoms with van der Waals surface area (Å²) in [5, 5.41) is 0. The van der Waals surface area contributed by atoms with E-state index in [9.17, 15) is 4.79 Å². The fraction of sp³-hybridized carbons (Fsp3) is 0.125. The van der Waals surface area contributed by atoms with Crippen LogP contribution in [-0.4, -0.2) is 11.2 Å². The summed E-state index contributed by atoms with van der Waals surface area (Å²) >= 11 is 6.81. The summed E-state index contributed by atoms with van der Waals surface area (Å²) in [7, 11) is 1.58. The minimum atomic E-state index is -0.176. The van der Waals surface area contributed by atoms with Crippen molar-refractivity contribution < 1.29 is 4.74 Å². The lowest BCUT2D eigenvalue weighted by Crippen LogP contribution is -2.00. The molecule has 0 saturated heterocycles. The molecule has 1 aromatic carbocycles. The van der Waals surface area contributed by atoms with Crippen molar-refractivity contribution >= 4 is 33.3 Å². The van der Waals surface area contributed by atoms with Crippen LogP contribution in [0.25, 0.3) is 10.2 Å². The number of nitrogens with zero attached hydrogens (tertiary/aromatic N) is 1. The van der Waals surface area contributed by atoms with Gasteiger partial charge in [-0.05, 0) is 18.2 Å². The number of thiazole rings is 1. The van der Waals surface area contributed by atoms with Gasteiger partial charge < -0.3 is 4.74 Å². The number of fused-ring (bicyclic) bond motifs is 1. The van der Waals surface area contributed by atoms with E-state index in [1.54, 1.807) is 25.3 Å². The molecule has 1 aromatic heterocycles. The smallest absolute Gasteiger partial charge is 0.322 e. The van der Waals surface area contributed by atoms with Crippen LogP contribution in [0.3, 0.4) is 0 Å². The van der Waals surface area contributed by atoms with Crippen LogP contribution in [0, 0.1) is 0 Å². The van der Waals surface area contributed by atoms with Crippen molar-refractivity contribution in [2.24, 2.45) is 0 Å². The summed E-state index contributed by atoms with van der Waals surface area (Å²) in [4.78, 5) is 11.0. The van der Waals surface area contributed by atoms with Crippen LogP contribution < -0.4 is 9.61 Å². The lowest BCUT2D eigenvalue weighted by molar-refractivity contribution is 0.415. The van der Waals surface area contributed by atoms with Crippen LogP contribution in [0.5, 0.6) is 5.75 Å². The van der Waals surface area contributed by atoms with E-state index in [1.165, 1.54) is 0 Å². The molecule has 2 aromatic rings. The summed E-state index contributed by atoms with van der Waals surface area (Å²) in [6, 6.07) is 5.33. The number of methoxy groups -OCH3 is 1. The number of rotatable bonds is 1. The Morgan fingerprint density at radius 3 is 3.00 bits per heavy atom. The van der Waals surface area contributed by atoms with Gasteiger partial charge in [-0.15, -0.1) is 0 Å². The Bertz CT molecular complexity index is 502. The third kappa shape index (κ3) is 1.32. The Balaban J connectivity index is 2.80. The maximum atomic E-state index is 11.1. The average molecular weight is 216 g/mol. The Hall–Kier alpha value is -1.00. The number of ether oxygens (including phenoxy) is 1. The fourth-order valence-electron chi connectivity index (χ4n) is 1.10. The van der Waals surface area contributed by atoms with Gasteiger partial charge in [0.05, 0.1) is 17.3 Å². The molecule has 3 nitrogen and oxygen atoms in total. The first-order chi connectivity index (χ1) is 6.22. The highest BCUT2D eigenvalue weighted by Gasteiger charge is 2.05. The van der Waals surface area contributed by atoms with Gasteiger partial charge in [0.25, 0.3) is 0 Å². The molecule has 2 rings (SSSR count). The molecule has 0 aliphatic heterocycles. The molecule has 1 heterocycles. The number of benzene rings is 1. The number of hydrogen-bond donors (Lipinski definition) is 0. The van der Waals surface area contributed by atoms with Crippen molar-refractivity contribution in [1.29, 1.82) is 0 Å². The van der Waals surface area contributed by atoms with Crippen LogP contribution in [0.15, 0.2) is 23.0 Å². The summed E-state index contributed by atoms with van der Waals surface area (Å²) in [5.74, 6) is 0.728. The van der Waals surface area contributed by atoms with Crippen LogP contribution in [0.2, 0.25) is 0 Å². The van der Waals surface area contributed by atoms with Gasteiger partial charge in [0.2, 0.25) is 0 Å². The second-order valence-corrected chi connectivity index (χ2v) is 3.81. The minimum absolute atomic E-state index is 0.176. The molecule has 0 radical (unpaired) electrons. The SMILES string of the molecule is COc1ccc2c(c1)sc(=O)n2Cl. The number of hydrogen-bond acceptors (Lipinski definition) is 3. The van der Waals surface area contributed by atoms with Crippen LogP contribution >= 0.6 is 23.1 Å². The fourth-order valence-corrected chi connectivity index (χ4v) is 2.20. The van der Waals surface area contributed by atoms with Crippen molar-refractivity contribution in [3.63, 3.8) is 0 Å². The van der Waals surface area contributed by atoms with Crippen molar-refractivity contribution in [2.45, 2.75) is 0 Å². The van der Waals surface area contributed by atoms with Gasteiger partial charge in [-0.2, -0.15) is 0 Å². The molecule has 0 aliphatic rings. The van der Waals surface area contributed by atoms with E-state index in [-0.39, 0.29) is 4.87 Å². The van der Waals surface area contributed by atoms with Gasteiger partial charge in [-0.25, -0.2) is 4.09 Å². The quantitative estimate of drug-likeness (QED) is 0.729. The van der Waals surface area contributed by atoms with Crippen LogP contribution in [0.1, 0.15) is 0 Å². The number of halogens is 1. The van der Waals surface area contributed by atoms with Gasteiger partial charge in [-0.3, -0.25) is 4.79 Å². The highest BCUT2D eigenvalue weighted by Crippen LogP contribution is 2.23. The largest absolute Gasteiger partial charge is 0.497 e. The maximum absolute atomic E-state index is 11.1. The van der Waals surface area contributed by atoms with Crippen molar-refractivity contribution in [3.8, 4) is 5.75 Å². The maximum Gasteiger partial charge on any atom is 0.322 e. The Morgan fingerprint density at radius 1 is 1.54 bits per heavy atom. The van der Waals surface area contributed by atoms with Crippen molar-refractivity contribution in [1.82, 2.24) is 4.09 Å². The zero-order valence-electron chi connectivity index (χ0n) is 6.78. The third-order valence-corrected chi connectivity index (χ3v) is 3.08. The molecule has 5 heteroatoms. The second-order valence-electron chi connectivity index (χ2n) is 2.48. The topological polar surface area (TPSA) is 31.2 Å². The molecule has 0 atom stereocenters. The highest BCUT2D eigenvalue weighted by molar-refractivity contribution is 7.16. The van der Waals surface area contributed by atoms with E-state index in [2.05, 4.69) is 0 Å². The van der Waals surface area contributed by atoms with E-state index in [4.69, 9.17) is 16.5 Å². The van der Waals surface area contributed by atoms with E-state index in [0.717, 1.165) is 31.4 Å². The Kier molecular flexibility index (Phi) is 2.01. The molecule has 13 heavy (non-hydrogen) atoms. The standard InChI is InChI=1S/C8H6ClNO2S/c1-12-5-2-3-6-7(4-5)13-8(11)10(6)9/h2-4H,1H3. The molecule has 0 saturated carbocycles. The predicted octanol–water partition coefficient (Wildman–Crippen LogP) is 2.07. The van der Waals surface area contributed by atoms with Gasteiger partial charge in [0.1, 0.15) is 5.75 Å². The average Bonchev–Trinajstić information content (AvgIpc) is 2.42. The van der Waals surface area contributed by atoms with Crippen molar-refractivity contribution in [3.05, 3.63) is 27.9 Å². The molecule has 0 unspecified atom stereocenters. The summed E-state index contributed by atoms with van der Waals surface area (Å²) in [6.45, 7) is 0. The van der Waals surface area contributed by atoms with Gasteiger partial charge in [0, 0.05) is 11.8 Å². The first-order valence-electron chi connectivity index (χ1n) is 3.58. The summed E-state index contributed by atoms with van der Waals surface area (Å²) in [5.41, 5.74) is 0.720. The third-order valence-electron chi connectivity index (χ3n) is 1.74. The van der Waals surface area contributed by atoms with E-state index < -0.39 is 0 Å². The van der Waals surface area contributed by atoms with Gasteiger partial charge in [-0.1, -0.05) is 11.3 Å². The molecule has 68 valence electrons. The molecule has 0 N–H and O–H groups in total. The van der Waals surface area contributed by atoms with Crippen LogP contribution in [-0.2, 0) is 0 Å². The van der Waals surface area contributed by atoms with E-state index >= 15 is 0 Å². The lowest BCUT2D eigenvalue weighted by Gasteiger charge is -1.97. The Labute approximate surface area is 83.2 Å². The minimum Gasteiger partial charge on any atom is -0.497 e. The lowest BCUT2D eigenvalue weighted by atomic mass is 10.3. The predicted molar refractivity (Wildman–Crippen MR) is 53.9 cm³/mol. The second kappa shape index (κ2) is 3.05.